The van der Waals surface area contributed by atoms with E-state index in [1.54, 1.807) is 18.2 Å². The van der Waals surface area contributed by atoms with E-state index >= 15 is 0 Å². The van der Waals surface area contributed by atoms with Gasteiger partial charge in [0.2, 0.25) is 0 Å². The highest BCUT2D eigenvalue weighted by molar-refractivity contribution is 7.99. The molecule has 0 bridgehead atoms. The van der Waals surface area contributed by atoms with Crippen molar-refractivity contribution >= 4 is 17.7 Å². The lowest BCUT2D eigenvalue weighted by atomic mass is 9.87. The van der Waals surface area contributed by atoms with Crippen molar-refractivity contribution in [3.05, 3.63) is 29.8 Å². The van der Waals surface area contributed by atoms with Crippen LogP contribution < -0.4 is 5.32 Å². The Morgan fingerprint density at radius 3 is 2.62 bits per heavy atom. The van der Waals surface area contributed by atoms with E-state index < -0.39 is 5.76 Å². The molecule has 1 amide bonds. The number of thioether (sulfide) groups is 1. The van der Waals surface area contributed by atoms with Crippen molar-refractivity contribution in [3.8, 4) is 0 Å². The molecule has 3 nitrogen and oxygen atoms in total. The maximum atomic E-state index is 12.5. The van der Waals surface area contributed by atoms with Gasteiger partial charge in [0.15, 0.2) is 0 Å². The molecular formula is C15H19F2NO2S. The van der Waals surface area contributed by atoms with Gasteiger partial charge in [-0.2, -0.15) is 8.78 Å². The Kier molecular flexibility index (Phi) is 5.99. The highest BCUT2D eigenvalue weighted by Gasteiger charge is 2.21. The molecule has 0 aliphatic heterocycles. The van der Waals surface area contributed by atoms with Crippen LogP contribution in [0.2, 0.25) is 0 Å². The molecule has 21 heavy (non-hydrogen) atoms. The highest BCUT2D eigenvalue weighted by Crippen LogP contribution is 2.28. The third kappa shape index (κ3) is 4.97. The zero-order valence-corrected chi connectivity index (χ0v) is 12.4. The fourth-order valence-electron chi connectivity index (χ4n) is 2.53. The maximum Gasteiger partial charge on any atom is 0.288 e. The van der Waals surface area contributed by atoms with Gasteiger partial charge in [-0.3, -0.25) is 4.79 Å². The van der Waals surface area contributed by atoms with Crippen LogP contribution in [0.15, 0.2) is 29.2 Å². The average Bonchev–Trinajstić information content (AvgIpc) is 2.46. The normalized spacial score (nSPS) is 22.3. The summed E-state index contributed by atoms with van der Waals surface area (Å²) >= 11 is 0.388. The number of carbonyl (C=O) groups excluding carboxylic acids is 1. The van der Waals surface area contributed by atoms with Crippen LogP contribution in [0.5, 0.6) is 0 Å². The number of aliphatic hydroxyl groups excluding tert-OH is 1. The zero-order valence-electron chi connectivity index (χ0n) is 11.6. The molecule has 0 saturated heterocycles. The summed E-state index contributed by atoms with van der Waals surface area (Å²) in [7, 11) is 0. The van der Waals surface area contributed by atoms with E-state index in [1.165, 1.54) is 6.07 Å². The third-order valence-electron chi connectivity index (χ3n) is 3.72. The molecule has 0 unspecified atom stereocenters. The summed E-state index contributed by atoms with van der Waals surface area (Å²) in [6.45, 7) is 0.527. The second-order valence-electron chi connectivity index (χ2n) is 5.26. The molecule has 2 rings (SSSR count). The van der Waals surface area contributed by atoms with Crippen molar-refractivity contribution in [3.63, 3.8) is 0 Å². The lowest BCUT2D eigenvalue weighted by molar-refractivity contribution is 0.0907. The average molecular weight is 315 g/mol. The van der Waals surface area contributed by atoms with Gasteiger partial charge in [-0.25, -0.2) is 0 Å². The number of halogens is 2. The van der Waals surface area contributed by atoms with Gasteiger partial charge < -0.3 is 10.4 Å². The van der Waals surface area contributed by atoms with E-state index in [0.29, 0.717) is 34.7 Å². The Hall–Kier alpha value is -1.14. The number of hydrogen-bond acceptors (Lipinski definition) is 3. The fraction of sp³-hybridized carbons (Fsp3) is 0.533. The summed E-state index contributed by atoms with van der Waals surface area (Å²) in [6, 6.07) is 6.40. The molecule has 2 N–H and O–H groups in total. The van der Waals surface area contributed by atoms with Crippen molar-refractivity contribution in [2.75, 3.05) is 6.54 Å². The summed E-state index contributed by atoms with van der Waals surface area (Å²) in [5.74, 6) is -2.50. The van der Waals surface area contributed by atoms with Gasteiger partial charge >= 0.3 is 0 Å². The van der Waals surface area contributed by atoms with Crippen molar-refractivity contribution in [1.82, 2.24) is 5.32 Å². The second kappa shape index (κ2) is 7.75. The zero-order chi connectivity index (χ0) is 15.2. The van der Waals surface area contributed by atoms with Crippen LogP contribution in [0.4, 0.5) is 8.78 Å². The van der Waals surface area contributed by atoms with Crippen LogP contribution >= 0.6 is 11.8 Å². The Labute approximate surface area is 127 Å². The number of carbonyl (C=O) groups is 1. The van der Waals surface area contributed by atoms with Crippen LogP contribution in [-0.4, -0.2) is 29.4 Å². The molecule has 1 fully saturated rings. The molecule has 1 aromatic carbocycles. The molecule has 0 radical (unpaired) electrons. The number of nitrogens with one attached hydrogen (secondary N) is 1. The summed E-state index contributed by atoms with van der Waals surface area (Å²) in [6.07, 6.45) is 3.07. The lowest BCUT2D eigenvalue weighted by Gasteiger charge is -2.25. The first kappa shape index (κ1) is 16.2. The van der Waals surface area contributed by atoms with Gasteiger partial charge in [0.1, 0.15) is 0 Å². The number of benzene rings is 1. The van der Waals surface area contributed by atoms with Gasteiger partial charge in [-0.05, 0) is 43.7 Å². The van der Waals surface area contributed by atoms with E-state index in [9.17, 15) is 18.7 Å². The third-order valence-corrected chi connectivity index (χ3v) is 4.50. The summed E-state index contributed by atoms with van der Waals surface area (Å²) in [5.41, 5.74) is 0.290. The second-order valence-corrected chi connectivity index (χ2v) is 6.29. The molecule has 0 spiro atoms. The van der Waals surface area contributed by atoms with Crippen LogP contribution in [-0.2, 0) is 0 Å². The highest BCUT2D eigenvalue weighted by atomic mass is 32.2. The molecule has 0 aromatic heterocycles. The molecule has 116 valence electrons. The first-order valence-corrected chi connectivity index (χ1v) is 7.94. The SMILES string of the molecule is O=C(NCC1CCC(O)CC1)c1ccccc1SC(F)F. The van der Waals surface area contributed by atoms with E-state index in [1.807, 2.05) is 0 Å². The van der Waals surface area contributed by atoms with E-state index in [-0.39, 0.29) is 12.0 Å². The van der Waals surface area contributed by atoms with Gasteiger partial charge in [-0.1, -0.05) is 23.9 Å². The van der Waals surface area contributed by atoms with Crippen molar-refractivity contribution in [2.45, 2.75) is 42.4 Å². The van der Waals surface area contributed by atoms with Gasteiger partial charge in [-0.15, -0.1) is 0 Å². The maximum absolute atomic E-state index is 12.5. The van der Waals surface area contributed by atoms with Crippen LogP contribution in [0, 0.1) is 5.92 Å². The van der Waals surface area contributed by atoms with Crippen molar-refractivity contribution < 1.29 is 18.7 Å². The Morgan fingerprint density at radius 2 is 1.95 bits per heavy atom. The van der Waals surface area contributed by atoms with Crippen LogP contribution in [0.3, 0.4) is 0 Å². The molecule has 1 aromatic rings. The number of rotatable bonds is 5. The van der Waals surface area contributed by atoms with Crippen molar-refractivity contribution in [1.29, 1.82) is 0 Å². The molecule has 6 heteroatoms. The summed E-state index contributed by atoms with van der Waals surface area (Å²) < 4.78 is 25.0. The minimum atomic E-state index is -2.54. The first-order valence-electron chi connectivity index (χ1n) is 7.06. The Bertz CT molecular complexity index is 476. The van der Waals surface area contributed by atoms with E-state index in [4.69, 9.17) is 0 Å². The smallest absolute Gasteiger partial charge is 0.288 e. The predicted octanol–water partition coefficient (Wildman–Crippen LogP) is 3.28. The molecular weight excluding hydrogens is 296 g/mol. The minimum Gasteiger partial charge on any atom is -0.393 e. The minimum absolute atomic E-state index is 0.222. The molecule has 1 aliphatic carbocycles. The van der Waals surface area contributed by atoms with Crippen LogP contribution in [0.1, 0.15) is 36.0 Å². The quantitative estimate of drug-likeness (QED) is 0.820. The predicted molar refractivity (Wildman–Crippen MR) is 78.6 cm³/mol. The van der Waals surface area contributed by atoms with E-state index in [2.05, 4.69) is 5.32 Å². The van der Waals surface area contributed by atoms with Gasteiger partial charge in [0.05, 0.1) is 11.7 Å². The van der Waals surface area contributed by atoms with Crippen LogP contribution in [0.25, 0.3) is 0 Å². The molecule has 1 aliphatic rings. The summed E-state index contributed by atoms with van der Waals surface area (Å²) in [5, 5.41) is 12.3. The number of alkyl halides is 2. The largest absolute Gasteiger partial charge is 0.393 e. The molecule has 0 atom stereocenters. The standard InChI is InChI=1S/C15H19F2NO2S/c16-15(17)21-13-4-2-1-3-12(13)14(20)18-9-10-5-7-11(19)8-6-10/h1-4,10-11,15,19H,5-9H2,(H,18,20). The van der Waals surface area contributed by atoms with Gasteiger partial charge in [0, 0.05) is 11.4 Å². The summed E-state index contributed by atoms with van der Waals surface area (Å²) in [4.78, 5) is 12.4. The lowest BCUT2D eigenvalue weighted by Crippen LogP contribution is -2.32. The van der Waals surface area contributed by atoms with Gasteiger partial charge in [0.25, 0.3) is 11.7 Å². The van der Waals surface area contributed by atoms with E-state index in [0.717, 1.165) is 25.7 Å². The molecule has 1 saturated carbocycles. The topological polar surface area (TPSA) is 49.3 Å². The molecule has 0 heterocycles. The number of hydrogen-bond donors (Lipinski definition) is 2. The fourth-order valence-corrected chi connectivity index (χ4v) is 3.17. The number of amides is 1. The Balaban J connectivity index is 1.91. The number of aliphatic hydroxyl groups is 1. The Morgan fingerprint density at radius 1 is 1.29 bits per heavy atom. The first-order chi connectivity index (χ1) is 10.1. The van der Waals surface area contributed by atoms with Crippen molar-refractivity contribution in [2.24, 2.45) is 5.92 Å². The monoisotopic (exact) mass is 315 g/mol.